The van der Waals surface area contributed by atoms with Crippen molar-refractivity contribution < 1.29 is 18.3 Å². The molecule has 2 unspecified atom stereocenters. The summed E-state index contributed by atoms with van der Waals surface area (Å²) in [4.78, 5) is 0.228. The highest BCUT2D eigenvalue weighted by Crippen LogP contribution is 2.40. The predicted octanol–water partition coefficient (Wildman–Crippen LogP) is 4.85. The molecule has 0 spiro atoms. The van der Waals surface area contributed by atoms with Crippen LogP contribution < -0.4 is 14.8 Å². The molecule has 180 valence electrons. The van der Waals surface area contributed by atoms with E-state index >= 15 is 0 Å². The molecular formula is C26H29ClN2O4S. The molecule has 34 heavy (non-hydrogen) atoms. The Morgan fingerprint density at radius 3 is 2.38 bits per heavy atom. The zero-order valence-electron chi connectivity index (χ0n) is 19.4. The Hall–Kier alpha value is -2.58. The van der Waals surface area contributed by atoms with E-state index in [1.54, 1.807) is 48.5 Å². The van der Waals surface area contributed by atoms with Crippen molar-refractivity contribution in [2.45, 2.75) is 49.8 Å². The monoisotopic (exact) mass is 500 g/mol. The summed E-state index contributed by atoms with van der Waals surface area (Å²) in [5.41, 5.74) is 2.66. The van der Waals surface area contributed by atoms with Gasteiger partial charge in [0, 0.05) is 16.3 Å². The van der Waals surface area contributed by atoms with Gasteiger partial charge in [0.15, 0.2) is 0 Å². The molecule has 0 aromatic heterocycles. The lowest BCUT2D eigenvalue weighted by atomic mass is 9.86. The van der Waals surface area contributed by atoms with Gasteiger partial charge in [0.05, 0.1) is 10.9 Å². The number of halogens is 1. The molecule has 0 radical (unpaired) electrons. The lowest BCUT2D eigenvalue weighted by molar-refractivity contribution is -0.0643. The topological polar surface area (TPSA) is 87.7 Å². The Morgan fingerprint density at radius 1 is 1.03 bits per heavy atom. The molecule has 6 nitrogen and oxygen atoms in total. The van der Waals surface area contributed by atoms with Crippen molar-refractivity contribution in [3.63, 3.8) is 0 Å². The van der Waals surface area contributed by atoms with Crippen molar-refractivity contribution >= 4 is 27.3 Å². The quantitative estimate of drug-likeness (QED) is 0.431. The van der Waals surface area contributed by atoms with Crippen molar-refractivity contribution in [2.75, 3.05) is 11.3 Å². The third-order valence-electron chi connectivity index (χ3n) is 6.03. The maximum atomic E-state index is 12.6. The minimum atomic E-state index is -3.63. The van der Waals surface area contributed by atoms with Gasteiger partial charge in [-0.2, -0.15) is 0 Å². The summed E-state index contributed by atoms with van der Waals surface area (Å²) in [6.45, 7) is 6.24. The van der Waals surface area contributed by atoms with Crippen molar-refractivity contribution in [1.82, 2.24) is 5.32 Å². The van der Waals surface area contributed by atoms with Crippen LogP contribution >= 0.6 is 11.6 Å². The molecule has 1 heterocycles. The van der Waals surface area contributed by atoms with Crippen LogP contribution in [0.1, 0.15) is 36.6 Å². The Kier molecular flexibility index (Phi) is 6.92. The van der Waals surface area contributed by atoms with E-state index in [1.807, 2.05) is 39.0 Å². The highest BCUT2D eigenvalue weighted by molar-refractivity contribution is 7.92. The number of aliphatic hydroxyl groups is 1. The van der Waals surface area contributed by atoms with Crippen LogP contribution in [0.3, 0.4) is 0 Å². The van der Waals surface area contributed by atoms with Crippen molar-refractivity contribution in [2.24, 2.45) is 0 Å². The second-order valence-electron chi connectivity index (χ2n) is 9.13. The summed E-state index contributed by atoms with van der Waals surface area (Å²) in [7, 11) is -3.63. The Bertz CT molecular complexity index is 1260. The lowest BCUT2D eigenvalue weighted by Crippen LogP contribution is -2.52. The van der Waals surface area contributed by atoms with Crippen LogP contribution in [0, 0.1) is 6.92 Å². The number of nitrogens with one attached hydrogen (secondary N) is 2. The van der Waals surface area contributed by atoms with Crippen molar-refractivity contribution in [3.8, 4) is 5.75 Å². The molecule has 0 fully saturated rings. The van der Waals surface area contributed by atoms with Crippen molar-refractivity contribution in [1.29, 1.82) is 0 Å². The number of benzene rings is 3. The largest absolute Gasteiger partial charge is 0.485 e. The molecule has 1 aliphatic rings. The Morgan fingerprint density at radius 2 is 1.71 bits per heavy atom. The summed E-state index contributed by atoms with van der Waals surface area (Å²) < 4.78 is 33.8. The molecular weight excluding hydrogens is 472 g/mol. The van der Waals surface area contributed by atoms with Gasteiger partial charge < -0.3 is 15.2 Å². The van der Waals surface area contributed by atoms with Gasteiger partial charge in [-0.25, -0.2) is 8.42 Å². The van der Waals surface area contributed by atoms with Crippen LogP contribution in [0.25, 0.3) is 0 Å². The molecule has 0 bridgehead atoms. The Balaban J connectivity index is 1.39. The number of sulfonamides is 1. The van der Waals surface area contributed by atoms with Gasteiger partial charge in [-0.3, -0.25) is 4.72 Å². The summed E-state index contributed by atoms with van der Waals surface area (Å²) in [5.74, 6) is 0.672. The first-order valence-corrected chi connectivity index (χ1v) is 13.0. The van der Waals surface area contributed by atoms with E-state index < -0.39 is 21.7 Å². The number of aliphatic hydroxyl groups excluding tert-OH is 1. The normalized spacial score (nSPS) is 19.2. The second kappa shape index (κ2) is 9.58. The van der Waals surface area contributed by atoms with E-state index in [1.165, 1.54) is 0 Å². The molecule has 3 aromatic rings. The summed E-state index contributed by atoms with van der Waals surface area (Å²) >= 11 is 6.13. The van der Waals surface area contributed by atoms with Gasteiger partial charge in [-0.15, -0.1) is 0 Å². The zero-order valence-corrected chi connectivity index (χ0v) is 21.0. The number of aryl methyl sites for hydroxylation is 1. The minimum Gasteiger partial charge on any atom is -0.485 e. The number of fused-ring (bicyclic) bond motifs is 1. The molecule has 8 heteroatoms. The average molecular weight is 501 g/mol. The van der Waals surface area contributed by atoms with Gasteiger partial charge in [-0.05, 0) is 75.7 Å². The second-order valence-corrected chi connectivity index (χ2v) is 11.2. The fraction of sp³-hybridized carbons (Fsp3) is 0.308. The lowest BCUT2D eigenvalue weighted by Gasteiger charge is -2.42. The van der Waals surface area contributed by atoms with Gasteiger partial charge in [0.2, 0.25) is 0 Å². The third kappa shape index (κ3) is 5.39. The SMILES string of the molecule is Cc1ccc(S(=O)(=O)Nc2ccc(CCNC3c4ccc(Cl)cc4OC(C)(C)C3O)cc2)cc1. The molecule has 4 rings (SSSR count). The van der Waals surface area contributed by atoms with Crippen LogP contribution in [0.4, 0.5) is 5.69 Å². The molecule has 0 amide bonds. The van der Waals surface area contributed by atoms with Crippen LogP contribution in [0.2, 0.25) is 5.02 Å². The van der Waals surface area contributed by atoms with Gasteiger partial charge in [0.25, 0.3) is 10.0 Å². The molecule has 3 aromatic carbocycles. The number of rotatable bonds is 7. The fourth-order valence-electron chi connectivity index (χ4n) is 4.03. The number of ether oxygens (including phenoxy) is 1. The number of hydrogen-bond acceptors (Lipinski definition) is 5. The maximum Gasteiger partial charge on any atom is 0.261 e. The molecule has 3 N–H and O–H groups in total. The predicted molar refractivity (Wildman–Crippen MR) is 135 cm³/mol. The summed E-state index contributed by atoms with van der Waals surface area (Å²) in [5, 5.41) is 14.9. The average Bonchev–Trinajstić information content (AvgIpc) is 2.77. The molecule has 1 aliphatic heterocycles. The first-order chi connectivity index (χ1) is 16.0. The standard InChI is InChI=1S/C26H29ClN2O4S/c1-17-4-11-21(12-5-17)34(31,32)29-20-9-6-18(7-10-20)14-15-28-24-22-13-8-19(27)16-23(22)33-26(2,3)25(24)30/h4-13,16,24-25,28-30H,14-15H2,1-3H3. The summed E-state index contributed by atoms with van der Waals surface area (Å²) in [6.07, 6.45) is -0.0296. The first-order valence-electron chi connectivity index (χ1n) is 11.1. The van der Waals surface area contributed by atoms with Gasteiger partial charge in [-0.1, -0.05) is 47.5 Å². The maximum absolute atomic E-state index is 12.6. The van der Waals surface area contributed by atoms with Crippen LogP contribution in [0.15, 0.2) is 71.6 Å². The third-order valence-corrected chi connectivity index (χ3v) is 7.66. The highest BCUT2D eigenvalue weighted by Gasteiger charge is 2.42. The minimum absolute atomic E-state index is 0.228. The summed E-state index contributed by atoms with van der Waals surface area (Å²) in [6, 6.07) is 19.2. The molecule has 0 saturated heterocycles. The van der Waals surface area contributed by atoms with E-state index in [0.29, 0.717) is 29.4 Å². The Labute approximate surface area is 206 Å². The number of anilines is 1. The van der Waals surface area contributed by atoms with E-state index in [2.05, 4.69) is 10.0 Å². The van der Waals surface area contributed by atoms with Gasteiger partial charge in [0.1, 0.15) is 17.5 Å². The van der Waals surface area contributed by atoms with E-state index in [9.17, 15) is 13.5 Å². The van der Waals surface area contributed by atoms with Crippen LogP contribution in [0.5, 0.6) is 5.75 Å². The molecule has 0 saturated carbocycles. The fourth-order valence-corrected chi connectivity index (χ4v) is 5.25. The molecule has 2 atom stereocenters. The number of hydrogen-bond donors (Lipinski definition) is 3. The van der Waals surface area contributed by atoms with E-state index in [-0.39, 0.29) is 10.9 Å². The van der Waals surface area contributed by atoms with Crippen molar-refractivity contribution in [3.05, 3.63) is 88.4 Å². The smallest absolute Gasteiger partial charge is 0.261 e. The van der Waals surface area contributed by atoms with Gasteiger partial charge >= 0.3 is 0 Å². The van der Waals surface area contributed by atoms with Crippen LogP contribution in [-0.4, -0.2) is 31.8 Å². The zero-order chi connectivity index (χ0) is 24.5. The highest BCUT2D eigenvalue weighted by atomic mass is 35.5. The van der Waals surface area contributed by atoms with E-state index in [4.69, 9.17) is 16.3 Å². The molecule has 0 aliphatic carbocycles. The van der Waals surface area contributed by atoms with Crippen LogP contribution in [-0.2, 0) is 16.4 Å². The van der Waals surface area contributed by atoms with E-state index in [0.717, 1.165) is 16.7 Å². The first kappa shape index (κ1) is 24.5.